The summed E-state index contributed by atoms with van der Waals surface area (Å²) in [4.78, 5) is 8.52. The number of benzene rings is 1. The second-order valence-corrected chi connectivity index (χ2v) is 8.00. The first-order chi connectivity index (χ1) is 13.1. The Morgan fingerprint density at radius 3 is 2.67 bits per heavy atom. The van der Waals surface area contributed by atoms with Crippen LogP contribution in [0.5, 0.6) is 5.75 Å². The maximum absolute atomic E-state index is 12.9. The minimum Gasteiger partial charge on any atom is -0.492 e. The molecule has 0 saturated carbocycles. The van der Waals surface area contributed by atoms with E-state index in [1.807, 2.05) is 6.92 Å². The number of para-hydroxylation sites is 1. The van der Waals surface area contributed by atoms with Crippen LogP contribution in [0.25, 0.3) is 11.4 Å². The molecule has 0 aliphatic carbocycles. The zero-order valence-electron chi connectivity index (χ0n) is 14.6. The van der Waals surface area contributed by atoms with Crippen LogP contribution in [0.3, 0.4) is 0 Å². The summed E-state index contributed by atoms with van der Waals surface area (Å²) in [6, 6.07) is 10.2. The molecule has 4 rings (SSSR count). The second-order valence-electron chi connectivity index (χ2n) is 6.09. The van der Waals surface area contributed by atoms with Crippen molar-refractivity contribution < 1.29 is 17.7 Å². The molecule has 0 N–H and O–H groups in total. The fourth-order valence-electron chi connectivity index (χ4n) is 2.89. The molecule has 3 aromatic rings. The summed E-state index contributed by atoms with van der Waals surface area (Å²) in [5.74, 6) is 1.14. The van der Waals surface area contributed by atoms with Crippen LogP contribution in [0.15, 0.2) is 58.2 Å². The topological polar surface area (TPSA) is 98.4 Å². The molecule has 2 aromatic heterocycles. The Bertz CT molecular complexity index is 1030. The average Bonchev–Trinajstić information content (AvgIpc) is 3.11. The summed E-state index contributed by atoms with van der Waals surface area (Å²) >= 11 is 0. The van der Waals surface area contributed by atoms with E-state index in [1.54, 1.807) is 48.8 Å². The van der Waals surface area contributed by atoms with E-state index >= 15 is 0 Å². The molecule has 0 radical (unpaired) electrons. The average molecular weight is 386 g/mol. The van der Waals surface area contributed by atoms with Gasteiger partial charge >= 0.3 is 0 Å². The Balaban J connectivity index is 1.49. The second kappa shape index (κ2) is 7.09. The zero-order chi connectivity index (χ0) is 18.9. The van der Waals surface area contributed by atoms with Crippen LogP contribution < -0.4 is 4.74 Å². The zero-order valence-corrected chi connectivity index (χ0v) is 15.5. The number of sulfonamides is 1. The van der Waals surface area contributed by atoms with Crippen molar-refractivity contribution in [3.8, 4) is 17.1 Å². The Hall–Kier alpha value is -2.78. The molecule has 0 spiro atoms. The van der Waals surface area contributed by atoms with Crippen LogP contribution in [-0.4, -0.2) is 47.5 Å². The highest BCUT2D eigenvalue weighted by atomic mass is 32.2. The largest absolute Gasteiger partial charge is 0.492 e. The van der Waals surface area contributed by atoms with Gasteiger partial charge in [0.2, 0.25) is 21.7 Å². The van der Waals surface area contributed by atoms with Crippen LogP contribution in [-0.2, 0) is 10.0 Å². The summed E-state index contributed by atoms with van der Waals surface area (Å²) in [5, 5.41) is 3.97. The molecule has 27 heavy (non-hydrogen) atoms. The van der Waals surface area contributed by atoms with E-state index in [0.29, 0.717) is 37.2 Å². The number of aromatic nitrogens is 3. The third-order valence-electron chi connectivity index (χ3n) is 4.34. The molecule has 0 atom stereocenters. The molecule has 8 nitrogen and oxygen atoms in total. The van der Waals surface area contributed by atoms with Gasteiger partial charge in [0.05, 0.1) is 12.5 Å². The summed E-state index contributed by atoms with van der Waals surface area (Å²) in [6.07, 6.45) is 3.30. The van der Waals surface area contributed by atoms with Crippen molar-refractivity contribution in [1.82, 2.24) is 19.4 Å². The van der Waals surface area contributed by atoms with Gasteiger partial charge in [-0.15, -0.1) is 0 Å². The van der Waals surface area contributed by atoms with Crippen molar-refractivity contribution in [2.24, 2.45) is 0 Å². The van der Waals surface area contributed by atoms with E-state index in [4.69, 9.17) is 9.26 Å². The summed E-state index contributed by atoms with van der Waals surface area (Å²) in [5.41, 5.74) is 0.800. The third-order valence-corrected chi connectivity index (χ3v) is 6.22. The molecule has 0 amide bonds. The Kier molecular flexibility index (Phi) is 4.63. The summed E-state index contributed by atoms with van der Waals surface area (Å²) < 4.78 is 37.9. The molecule has 0 bridgehead atoms. The van der Waals surface area contributed by atoms with Crippen molar-refractivity contribution in [3.63, 3.8) is 0 Å². The first kappa shape index (κ1) is 17.6. The SMILES string of the molecule is CCOc1ccccc1S(=O)(=O)N1CC(c2nc(-c3ccncc3)no2)C1. The third kappa shape index (κ3) is 3.31. The molecule has 1 aliphatic heterocycles. The predicted molar refractivity (Wildman–Crippen MR) is 96.6 cm³/mol. The lowest BCUT2D eigenvalue weighted by atomic mass is 10.0. The van der Waals surface area contributed by atoms with Crippen molar-refractivity contribution >= 4 is 10.0 Å². The number of hydrogen-bond donors (Lipinski definition) is 0. The Labute approximate surface area is 156 Å². The summed E-state index contributed by atoms with van der Waals surface area (Å²) in [6.45, 7) is 2.80. The lowest BCUT2D eigenvalue weighted by Crippen LogP contribution is -2.48. The van der Waals surface area contributed by atoms with Crippen LogP contribution in [0.4, 0.5) is 0 Å². The van der Waals surface area contributed by atoms with Gasteiger partial charge in [-0.1, -0.05) is 17.3 Å². The van der Waals surface area contributed by atoms with Gasteiger partial charge < -0.3 is 9.26 Å². The lowest BCUT2D eigenvalue weighted by Gasteiger charge is -2.36. The standard InChI is InChI=1S/C18H18N4O4S/c1-2-25-15-5-3-4-6-16(15)27(23,24)22-11-14(12-22)18-20-17(21-26-18)13-7-9-19-10-8-13/h3-10,14H,2,11-12H2,1H3. The molecule has 1 saturated heterocycles. The molecular weight excluding hydrogens is 368 g/mol. The van der Waals surface area contributed by atoms with E-state index in [-0.39, 0.29) is 10.8 Å². The maximum Gasteiger partial charge on any atom is 0.246 e. The Morgan fingerprint density at radius 1 is 1.19 bits per heavy atom. The first-order valence-corrected chi connectivity index (χ1v) is 9.99. The van der Waals surface area contributed by atoms with Gasteiger partial charge in [-0.3, -0.25) is 4.98 Å². The fourth-order valence-corrected chi connectivity index (χ4v) is 4.55. The highest BCUT2D eigenvalue weighted by Gasteiger charge is 2.41. The van der Waals surface area contributed by atoms with E-state index in [2.05, 4.69) is 15.1 Å². The number of hydrogen-bond acceptors (Lipinski definition) is 7. The number of nitrogens with zero attached hydrogens (tertiary/aromatic N) is 4. The van der Waals surface area contributed by atoms with Gasteiger partial charge in [-0.05, 0) is 31.2 Å². The van der Waals surface area contributed by atoms with Crippen LogP contribution >= 0.6 is 0 Å². The van der Waals surface area contributed by atoms with Gasteiger partial charge in [0.1, 0.15) is 10.6 Å². The number of rotatable bonds is 6. The molecule has 1 aromatic carbocycles. The van der Waals surface area contributed by atoms with Gasteiger partial charge in [0, 0.05) is 31.0 Å². The lowest BCUT2D eigenvalue weighted by molar-refractivity contribution is 0.216. The molecule has 9 heteroatoms. The Morgan fingerprint density at radius 2 is 1.93 bits per heavy atom. The van der Waals surface area contributed by atoms with E-state index in [9.17, 15) is 8.42 Å². The quantitative estimate of drug-likeness (QED) is 0.641. The highest BCUT2D eigenvalue weighted by Crippen LogP contribution is 2.35. The van der Waals surface area contributed by atoms with Crippen LogP contribution in [0.2, 0.25) is 0 Å². The van der Waals surface area contributed by atoms with Crippen molar-refractivity contribution in [3.05, 3.63) is 54.7 Å². The normalized spacial score (nSPS) is 15.4. The molecule has 0 unspecified atom stereocenters. The highest BCUT2D eigenvalue weighted by molar-refractivity contribution is 7.89. The van der Waals surface area contributed by atoms with E-state index in [0.717, 1.165) is 5.56 Å². The molecule has 3 heterocycles. The van der Waals surface area contributed by atoms with Crippen molar-refractivity contribution in [1.29, 1.82) is 0 Å². The van der Waals surface area contributed by atoms with E-state index in [1.165, 1.54) is 4.31 Å². The number of ether oxygens (including phenoxy) is 1. The van der Waals surface area contributed by atoms with Crippen molar-refractivity contribution in [2.75, 3.05) is 19.7 Å². The smallest absolute Gasteiger partial charge is 0.246 e. The minimum absolute atomic E-state index is 0.123. The van der Waals surface area contributed by atoms with Crippen LogP contribution in [0, 0.1) is 0 Å². The van der Waals surface area contributed by atoms with Gasteiger partial charge in [-0.2, -0.15) is 9.29 Å². The van der Waals surface area contributed by atoms with Gasteiger partial charge in [0.15, 0.2) is 0 Å². The molecule has 140 valence electrons. The fraction of sp³-hybridized carbons (Fsp3) is 0.278. The summed E-state index contributed by atoms with van der Waals surface area (Å²) in [7, 11) is -3.63. The maximum atomic E-state index is 12.9. The predicted octanol–water partition coefficient (Wildman–Crippen LogP) is 2.32. The van der Waals surface area contributed by atoms with Crippen LogP contribution in [0.1, 0.15) is 18.7 Å². The monoisotopic (exact) mass is 386 g/mol. The van der Waals surface area contributed by atoms with Gasteiger partial charge in [0.25, 0.3) is 0 Å². The first-order valence-electron chi connectivity index (χ1n) is 8.55. The molecule has 1 aliphatic rings. The van der Waals surface area contributed by atoms with E-state index < -0.39 is 10.0 Å². The molecule has 1 fully saturated rings. The molecular formula is C18H18N4O4S. The number of pyridine rings is 1. The minimum atomic E-state index is -3.63. The van der Waals surface area contributed by atoms with Gasteiger partial charge in [-0.25, -0.2) is 8.42 Å². The van der Waals surface area contributed by atoms with Crippen molar-refractivity contribution in [2.45, 2.75) is 17.7 Å².